The molecule has 2 nitrogen and oxygen atoms in total. The molecule has 1 saturated carbocycles. The lowest BCUT2D eigenvalue weighted by atomic mass is 9.78. The van der Waals surface area contributed by atoms with Gasteiger partial charge in [-0.2, -0.15) is 0 Å². The molecule has 0 saturated heterocycles. The number of hydrogen-bond donors (Lipinski definition) is 0. The Labute approximate surface area is 488 Å². The van der Waals surface area contributed by atoms with Crippen molar-refractivity contribution < 1.29 is 0 Å². The van der Waals surface area contributed by atoms with E-state index in [1.54, 1.807) is 0 Å². The van der Waals surface area contributed by atoms with Crippen LogP contribution in [-0.2, 0) is 12.8 Å². The number of rotatable bonds is 18. The quantitative estimate of drug-likeness (QED) is 0.0790. The predicted octanol–water partition coefficient (Wildman–Crippen LogP) is 22.1. The minimum Gasteiger partial charge on any atom is -0.310 e. The highest BCUT2D eigenvalue weighted by Crippen LogP contribution is 2.42. The van der Waals surface area contributed by atoms with Gasteiger partial charge in [0, 0.05) is 22.7 Å². The Morgan fingerprint density at radius 2 is 0.634 bits per heavy atom. The van der Waals surface area contributed by atoms with Crippen LogP contribution in [0.4, 0.5) is 34.1 Å². The number of para-hydroxylation sites is 2. The van der Waals surface area contributed by atoms with E-state index in [0.29, 0.717) is 11.8 Å². The molecule has 0 aromatic heterocycles. The van der Waals surface area contributed by atoms with Crippen LogP contribution in [0.15, 0.2) is 267 Å². The summed E-state index contributed by atoms with van der Waals surface area (Å²) in [4.78, 5) is 4.90. The first-order valence-corrected chi connectivity index (χ1v) is 29.6. The summed E-state index contributed by atoms with van der Waals surface area (Å²) in [5.41, 5.74) is 24.3. The van der Waals surface area contributed by atoms with E-state index in [2.05, 4.69) is 329 Å². The van der Waals surface area contributed by atoms with Gasteiger partial charge in [-0.05, 0) is 190 Å². The maximum atomic E-state index is 2.49. The third-order valence-corrected chi connectivity index (χ3v) is 16.4. The van der Waals surface area contributed by atoms with E-state index in [0.717, 1.165) is 46.7 Å². The number of anilines is 6. The third-order valence-electron chi connectivity index (χ3n) is 16.4. The standard InChI is InChI=1S/C80H74N2/c1-5-65-35-21-23-59(3)79(65)81(75-53-43-63(44-54-75)57-77(69-27-11-7-12-28-69)70-29-13-8-14-30-70)73-49-39-61(40-50-73)37-47-67-25-19-20-26-68(67)48-38-62-41-51-74(52-42-62)82(80-60(4)24-22-36-66(80)6-2)76-55-45-64(46-56-76)58-78(71-31-15-9-16-32-71)72-33-17-10-18-34-72/h7-18,21-24,27-58,67-68H,5-6,19-20,25-26H2,1-4H3. The summed E-state index contributed by atoms with van der Waals surface area (Å²) in [6.45, 7) is 8.99. The van der Waals surface area contributed by atoms with Crippen molar-refractivity contribution in [2.24, 2.45) is 11.8 Å². The van der Waals surface area contributed by atoms with E-state index in [9.17, 15) is 0 Å². The zero-order chi connectivity index (χ0) is 56.0. The Bertz CT molecular complexity index is 3460. The van der Waals surface area contributed by atoms with Crippen molar-refractivity contribution in [3.63, 3.8) is 0 Å². The molecule has 1 fully saturated rings. The van der Waals surface area contributed by atoms with Crippen LogP contribution in [0.3, 0.4) is 0 Å². The van der Waals surface area contributed by atoms with Crippen molar-refractivity contribution in [2.75, 3.05) is 9.80 Å². The zero-order valence-corrected chi connectivity index (χ0v) is 48.0. The monoisotopic (exact) mass is 1060 g/mol. The third kappa shape index (κ3) is 12.8. The highest BCUT2D eigenvalue weighted by Gasteiger charge is 2.23. The normalized spacial score (nSPS) is 14.1. The molecule has 0 N–H and O–H groups in total. The van der Waals surface area contributed by atoms with E-state index in [4.69, 9.17) is 0 Å². The van der Waals surface area contributed by atoms with Gasteiger partial charge in [0.2, 0.25) is 0 Å². The highest BCUT2D eigenvalue weighted by molar-refractivity contribution is 5.93. The van der Waals surface area contributed by atoms with E-state index in [1.807, 2.05) is 0 Å². The van der Waals surface area contributed by atoms with Crippen molar-refractivity contribution in [3.05, 3.63) is 334 Å². The number of aryl methyl sites for hydroxylation is 4. The molecule has 11 rings (SSSR count). The topological polar surface area (TPSA) is 6.48 Å². The molecule has 1 aliphatic rings. The number of hydrogen-bond acceptors (Lipinski definition) is 2. The van der Waals surface area contributed by atoms with Crippen molar-refractivity contribution in [1.82, 2.24) is 0 Å². The predicted molar refractivity (Wildman–Crippen MR) is 354 cm³/mol. The summed E-state index contributed by atoms with van der Waals surface area (Å²) in [5, 5.41) is 0. The van der Waals surface area contributed by atoms with Gasteiger partial charge >= 0.3 is 0 Å². The molecule has 2 atom stereocenters. The van der Waals surface area contributed by atoms with Crippen LogP contribution in [0.1, 0.15) is 106 Å². The average molecular weight is 1060 g/mol. The summed E-state index contributed by atoms with van der Waals surface area (Å²) in [5.74, 6) is 0.962. The Hall–Kier alpha value is -9.24. The van der Waals surface area contributed by atoms with Crippen LogP contribution in [0.5, 0.6) is 0 Å². The Balaban J connectivity index is 0.823. The van der Waals surface area contributed by atoms with Crippen molar-refractivity contribution in [1.29, 1.82) is 0 Å². The molecule has 2 heteroatoms. The molecule has 0 bridgehead atoms. The number of allylic oxidation sites excluding steroid dienone is 2. The summed E-state index contributed by atoms with van der Waals surface area (Å²) < 4.78 is 0. The maximum Gasteiger partial charge on any atom is 0.0522 e. The van der Waals surface area contributed by atoms with Gasteiger partial charge in [0.1, 0.15) is 0 Å². The van der Waals surface area contributed by atoms with Crippen LogP contribution < -0.4 is 9.80 Å². The smallest absolute Gasteiger partial charge is 0.0522 e. The fraction of sp³-hybridized carbons (Fsp3) is 0.150. The summed E-state index contributed by atoms with van der Waals surface area (Å²) in [7, 11) is 0. The van der Waals surface area contributed by atoms with Gasteiger partial charge < -0.3 is 9.80 Å². The van der Waals surface area contributed by atoms with Crippen molar-refractivity contribution in [2.45, 2.75) is 66.2 Å². The molecule has 2 unspecified atom stereocenters. The average Bonchev–Trinajstić information content (AvgIpc) is 3.73. The van der Waals surface area contributed by atoms with Gasteiger partial charge in [0.05, 0.1) is 11.4 Å². The molecular formula is C80H74N2. The van der Waals surface area contributed by atoms with Gasteiger partial charge in [-0.15, -0.1) is 0 Å². The first-order valence-electron chi connectivity index (χ1n) is 29.6. The Kier molecular flexibility index (Phi) is 17.6. The Morgan fingerprint density at radius 1 is 0.341 bits per heavy atom. The lowest BCUT2D eigenvalue weighted by molar-refractivity contribution is 0.339. The van der Waals surface area contributed by atoms with Gasteiger partial charge in [-0.3, -0.25) is 0 Å². The minimum absolute atomic E-state index is 0.481. The second kappa shape index (κ2) is 26.4. The Morgan fingerprint density at radius 3 is 0.927 bits per heavy atom. The second-order valence-corrected chi connectivity index (χ2v) is 21.8. The summed E-state index contributed by atoms with van der Waals surface area (Å²) in [6.07, 6.45) is 21.1. The molecule has 0 spiro atoms. The number of nitrogens with zero attached hydrogens (tertiary/aromatic N) is 2. The largest absolute Gasteiger partial charge is 0.310 e. The van der Waals surface area contributed by atoms with E-state index < -0.39 is 0 Å². The highest BCUT2D eigenvalue weighted by atomic mass is 15.2. The number of benzene rings is 10. The minimum atomic E-state index is 0.481. The molecular weight excluding hydrogens is 989 g/mol. The van der Waals surface area contributed by atoms with Gasteiger partial charge in [-0.25, -0.2) is 0 Å². The molecule has 10 aromatic carbocycles. The molecule has 82 heavy (non-hydrogen) atoms. The molecule has 0 aliphatic heterocycles. The van der Waals surface area contributed by atoms with Gasteiger partial charge in [-0.1, -0.05) is 257 Å². The van der Waals surface area contributed by atoms with Crippen LogP contribution in [0.2, 0.25) is 0 Å². The lowest BCUT2D eigenvalue weighted by Gasteiger charge is -2.29. The lowest BCUT2D eigenvalue weighted by Crippen LogP contribution is -2.15. The first kappa shape index (κ1) is 54.7. The fourth-order valence-electron chi connectivity index (χ4n) is 12.0. The van der Waals surface area contributed by atoms with E-state index >= 15 is 0 Å². The van der Waals surface area contributed by atoms with Crippen molar-refractivity contribution >= 4 is 69.6 Å². The van der Waals surface area contributed by atoms with Crippen LogP contribution in [0, 0.1) is 25.7 Å². The maximum absolute atomic E-state index is 2.49. The van der Waals surface area contributed by atoms with Crippen molar-refractivity contribution in [3.8, 4) is 0 Å². The zero-order valence-electron chi connectivity index (χ0n) is 48.0. The molecule has 1 aliphatic carbocycles. The van der Waals surface area contributed by atoms with Crippen LogP contribution in [0.25, 0.3) is 35.5 Å². The molecule has 10 aromatic rings. The SMILES string of the molecule is CCc1cccc(C)c1N(c1ccc(C=CC2CCCCC2C=Cc2ccc(N(c3ccc(C=C(c4ccccc4)c4ccccc4)cc3)c3c(C)cccc3CC)cc2)cc1)c1ccc(C=C(c2ccccc2)c2ccccc2)cc1. The molecule has 0 heterocycles. The molecule has 404 valence electrons. The van der Waals surface area contributed by atoms with E-state index in [-0.39, 0.29) is 0 Å². The molecule has 0 radical (unpaired) electrons. The van der Waals surface area contributed by atoms with E-state index in [1.165, 1.54) is 104 Å². The van der Waals surface area contributed by atoms with Gasteiger partial charge in [0.25, 0.3) is 0 Å². The summed E-state index contributed by atoms with van der Waals surface area (Å²) in [6, 6.07) is 92.7. The molecule has 0 amide bonds. The van der Waals surface area contributed by atoms with Gasteiger partial charge in [0.15, 0.2) is 0 Å². The second-order valence-electron chi connectivity index (χ2n) is 21.8. The summed E-state index contributed by atoms with van der Waals surface area (Å²) >= 11 is 0. The van der Waals surface area contributed by atoms with Crippen LogP contribution >= 0.6 is 0 Å². The fourth-order valence-corrected chi connectivity index (χ4v) is 12.0. The first-order chi connectivity index (χ1) is 40.4. The van der Waals surface area contributed by atoms with Crippen LogP contribution in [-0.4, -0.2) is 0 Å².